The van der Waals surface area contributed by atoms with Crippen LogP contribution < -0.4 is 5.32 Å². The van der Waals surface area contributed by atoms with Crippen LogP contribution in [0.4, 0.5) is 11.4 Å². The zero-order valence-electron chi connectivity index (χ0n) is 15.2. The molecule has 2 atom stereocenters. The SMILES string of the molecule is [C-]#[N+]c1ccc(N[C@@H](c2nnc(-c3ccccc3)o2)[C@H](C)O)c2ccccc12. The number of aromatic nitrogens is 2. The summed E-state index contributed by atoms with van der Waals surface area (Å²) in [6.45, 7) is 9.02. The topological polar surface area (TPSA) is 75.5 Å². The average Bonchev–Trinajstić information content (AvgIpc) is 3.22. The fourth-order valence-electron chi connectivity index (χ4n) is 3.12. The van der Waals surface area contributed by atoms with E-state index >= 15 is 0 Å². The van der Waals surface area contributed by atoms with E-state index in [1.165, 1.54) is 0 Å². The van der Waals surface area contributed by atoms with Crippen LogP contribution in [0.2, 0.25) is 0 Å². The summed E-state index contributed by atoms with van der Waals surface area (Å²) in [4.78, 5) is 3.58. The van der Waals surface area contributed by atoms with Crippen molar-refractivity contribution in [2.45, 2.75) is 19.1 Å². The molecule has 0 bridgehead atoms. The summed E-state index contributed by atoms with van der Waals surface area (Å²) >= 11 is 0. The molecule has 28 heavy (non-hydrogen) atoms. The van der Waals surface area contributed by atoms with E-state index in [0.29, 0.717) is 17.5 Å². The van der Waals surface area contributed by atoms with Gasteiger partial charge in [0.05, 0.1) is 12.7 Å². The molecule has 3 aromatic carbocycles. The summed E-state index contributed by atoms with van der Waals surface area (Å²) in [6, 6.07) is 20.2. The van der Waals surface area contributed by atoms with Gasteiger partial charge in [-0.15, -0.1) is 10.2 Å². The van der Waals surface area contributed by atoms with E-state index in [2.05, 4.69) is 20.4 Å². The summed E-state index contributed by atoms with van der Waals surface area (Å²) in [7, 11) is 0. The average molecular weight is 370 g/mol. The number of aliphatic hydroxyl groups excluding tert-OH is 1. The van der Waals surface area contributed by atoms with Gasteiger partial charge in [0.15, 0.2) is 5.69 Å². The van der Waals surface area contributed by atoms with Gasteiger partial charge in [-0.2, -0.15) is 0 Å². The Balaban J connectivity index is 1.71. The van der Waals surface area contributed by atoms with E-state index in [-0.39, 0.29) is 0 Å². The first kappa shape index (κ1) is 17.7. The third kappa shape index (κ3) is 3.31. The Morgan fingerprint density at radius 3 is 2.39 bits per heavy atom. The molecule has 0 unspecified atom stereocenters. The maximum atomic E-state index is 10.3. The highest BCUT2D eigenvalue weighted by Crippen LogP contribution is 2.34. The highest BCUT2D eigenvalue weighted by Gasteiger charge is 2.25. The molecule has 6 heteroatoms. The zero-order chi connectivity index (χ0) is 19.5. The normalized spacial score (nSPS) is 13.0. The number of rotatable bonds is 5. The second-order valence-electron chi connectivity index (χ2n) is 6.46. The molecule has 0 amide bonds. The molecular formula is C22H18N4O2. The minimum absolute atomic E-state index is 0.298. The number of benzene rings is 3. The summed E-state index contributed by atoms with van der Waals surface area (Å²) in [5.74, 6) is 0.698. The lowest BCUT2D eigenvalue weighted by Gasteiger charge is -2.20. The van der Waals surface area contributed by atoms with Crippen LogP contribution in [-0.2, 0) is 0 Å². The largest absolute Gasteiger partial charge is 0.418 e. The number of fused-ring (bicyclic) bond motifs is 1. The van der Waals surface area contributed by atoms with E-state index in [1.807, 2.05) is 60.7 Å². The van der Waals surface area contributed by atoms with Crippen molar-refractivity contribution in [1.82, 2.24) is 10.2 Å². The van der Waals surface area contributed by atoms with Gasteiger partial charge in [-0.05, 0) is 35.9 Å². The van der Waals surface area contributed by atoms with Crippen molar-refractivity contribution in [3.63, 3.8) is 0 Å². The van der Waals surface area contributed by atoms with Crippen LogP contribution >= 0.6 is 0 Å². The molecule has 0 spiro atoms. The second-order valence-corrected chi connectivity index (χ2v) is 6.46. The molecule has 0 aliphatic carbocycles. The maximum Gasteiger partial charge on any atom is 0.247 e. The number of aliphatic hydroxyl groups is 1. The predicted octanol–water partition coefficient (Wildman–Crippen LogP) is 4.97. The van der Waals surface area contributed by atoms with Crippen molar-refractivity contribution in [2.24, 2.45) is 0 Å². The minimum Gasteiger partial charge on any atom is -0.418 e. The van der Waals surface area contributed by atoms with Crippen LogP contribution in [-0.4, -0.2) is 21.4 Å². The first-order chi connectivity index (χ1) is 13.7. The molecule has 0 radical (unpaired) electrons. The monoisotopic (exact) mass is 370 g/mol. The third-order valence-corrected chi connectivity index (χ3v) is 4.54. The van der Waals surface area contributed by atoms with Gasteiger partial charge in [0.1, 0.15) is 6.04 Å². The van der Waals surface area contributed by atoms with Gasteiger partial charge in [0, 0.05) is 11.3 Å². The van der Waals surface area contributed by atoms with Crippen molar-refractivity contribution < 1.29 is 9.52 Å². The Kier molecular flexibility index (Phi) is 4.75. The highest BCUT2D eigenvalue weighted by atomic mass is 16.4. The number of hydrogen-bond acceptors (Lipinski definition) is 5. The first-order valence-corrected chi connectivity index (χ1v) is 8.90. The molecule has 4 rings (SSSR count). The molecule has 1 aromatic heterocycles. The lowest BCUT2D eigenvalue weighted by atomic mass is 10.1. The Morgan fingerprint density at radius 1 is 0.964 bits per heavy atom. The highest BCUT2D eigenvalue weighted by molar-refractivity contribution is 6.02. The Bertz CT molecular complexity index is 1150. The maximum absolute atomic E-state index is 10.3. The van der Waals surface area contributed by atoms with Gasteiger partial charge < -0.3 is 14.8 Å². The molecule has 0 aliphatic rings. The Hall–Kier alpha value is -3.69. The van der Waals surface area contributed by atoms with Crippen molar-refractivity contribution in [3.05, 3.63) is 84.0 Å². The smallest absolute Gasteiger partial charge is 0.247 e. The van der Waals surface area contributed by atoms with E-state index in [4.69, 9.17) is 11.0 Å². The second kappa shape index (κ2) is 7.51. The lowest BCUT2D eigenvalue weighted by molar-refractivity contribution is 0.160. The Labute approximate surface area is 162 Å². The molecule has 0 saturated carbocycles. The van der Waals surface area contributed by atoms with Gasteiger partial charge in [-0.25, -0.2) is 4.85 Å². The van der Waals surface area contributed by atoms with E-state index in [0.717, 1.165) is 22.0 Å². The summed E-state index contributed by atoms with van der Waals surface area (Å²) < 4.78 is 5.83. The van der Waals surface area contributed by atoms with E-state index in [1.54, 1.807) is 13.0 Å². The van der Waals surface area contributed by atoms with E-state index in [9.17, 15) is 5.11 Å². The van der Waals surface area contributed by atoms with Crippen molar-refractivity contribution in [3.8, 4) is 11.5 Å². The van der Waals surface area contributed by atoms with Gasteiger partial charge in [-0.1, -0.05) is 48.5 Å². The third-order valence-electron chi connectivity index (χ3n) is 4.54. The molecule has 4 aromatic rings. The number of nitrogens with zero attached hydrogens (tertiary/aromatic N) is 3. The van der Waals surface area contributed by atoms with Crippen LogP contribution in [0, 0.1) is 6.57 Å². The molecular weight excluding hydrogens is 352 g/mol. The van der Waals surface area contributed by atoms with Crippen molar-refractivity contribution in [2.75, 3.05) is 5.32 Å². The standard InChI is InChI=1S/C22H18N4O2/c1-14(27)20(22-26-25-21(28-22)15-8-4-3-5-9-15)24-19-13-12-18(23-2)16-10-6-7-11-17(16)19/h3-14,20,24,27H,1H3/t14-,20+/m0/s1. The Morgan fingerprint density at radius 2 is 1.68 bits per heavy atom. The fourth-order valence-corrected chi connectivity index (χ4v) is 3.12. The van der Waals surface area contributed by atoms with Gasteiger partial charge >= 0.3 is 0 Å². The summed E-state index contributed by atoms with van der Waals surface area (Å²) in [5.41, 5.74) is 2.18. The molecule has 6 nitrogen and oxygen atoms in total. The molecule has 138 valence electrons. The van der Waals surface area contributed by atoms with Crippen molar-refractivity contribution in [1.29, 1.82) is 0 Å². The van der Waals surface area contributed by atoms with Gasteiger partial charge in [0.25, 0.3) is 0 Å². The first-order valence-electron chi connectivity index (χ1n) is 8.90. The molecule has 0 saturated heterocycles. The number of nitrogens with one attached hydrogen (secondary N) is 1. The summed E-state index contributed by atoms with van der Waals surface area (Å²) in [6.07, 6.45) is -0.775. The zero-order valence-corrected chi connectivity index (χ0v) is 15.2. The van der Waals surface area contributed by atoms with Crippen LogP contribution in [0.25, 0.3) is 27.1 Å². The van der Waals surface area contributed by atoms with Crippen LogP contribution in [0.15, 0.2) is 71.1 Å². The minimum atomic E-state index is -0.775. The fraction of sp³-hybridized carbons (Fsp3) is 0.136. The molecule has 0 fully saturated rings. The lowest BCUT2D eigenvalue weighted by Crippen LogP contribution is -2.23. The van der Waals surface area contributed by atoms with Crippen molar-refractivity contribution >= 4 is 22.1 Å². The van der Waals surface area contributed by atoms with Crippen LogP contribution in [0.5, 0.6) is 0 Å². The number of anilines is 1. The quantitative estimate of drug-likeness (QED) is 0.485. The number of hydrogen-bond donors (Lipinski definition) is 2. The van der Waals surface area contributed by atoms with Gasteiger partial charge in [-0.3, -0.25) is 0 Å². The molecule has 2 N–H and O–H groups in total. The molecule has 1 heterocycles. The van der Waals surface area contributed by atoms with Crippen LogP contribution in [0.3, 0.4) is 0 Å². The van der Waals surface area contributed by atoms with E-state index < -0.39 is 12.1 Å². The summed E-state index contributed by atoms with van der Waals surface area (Å²) in [5, 5.41) is 23.6. The predicted molar refractivity (Wildman–Crippen MR) is 108 cm³/mol. The van der Waals surface area contributed by atoms with Gasteiger partial charge in [0.2, 0.25) is 11.8 Å². The van der Waals surface area contributed by atoms with Crippen LogP contribution in [0.1, 0.15) is 18.9 Å². The molecule has 0 aliphatic heterocycles.